The van der Waals surface area contributed by atoms with Gasteiger partial charge < -0.3 is 10.4 Å². The summed E-state index contributed by atoms with van der Waals surface area (Å²) in [5, 5.41) is 12.0. The Bertz CT molecular complexity index is 207. The van der Waals surface area contributed by atoms with Crippen molar-refractivity contribution >= 4 is 5.91 Å². The molecule has 0 aromatic carbocycles. The zero-order valence-electron chi connectivity index (χ0n) is 8.54. The number of hydrogen-bond acceptors (Lipinski definition) is 2. The SMILES string of the molecule is O=C(CC1CCC1)NCC1CC(O)C1. The van der Waals surface area contributed by atoms with Gasteiger partial charge in [0.1, 0.15) is 0 Å². The van der Waals surface area contributed by atoms with Gasteiger partial charge in [0.25, 0.3) is 0 Å². The molecule has 0 aliphatic heterocycles. The summed E-state index contributed by atoms with van der Waals surface area (Å²) in [6.45, 7) is 0.766. The van der Waals surface area contributed by atoms with Crippen LogP contribution in [-0.2, 0) is 4.79 Å². The van der Waals surface area contributed by atoms with Gasteiger partial charge in [-0.2, -0.15) is 0 Å². The van der Waals surface area contributed by atoms with Crippen molar-refractivity contribution in [1.82, 2.24) is 5.32 Å². The summed E-state index contributed by atoms with van der Waals surface area (Å²) < 4.78 is 0. The maximum absolute atomic E-state index is 11.4. The molecule has 2 fully saturated rings. The lowest BCUT2D eigenvalue weighted by Crippen LogP contribution is -2.39. The zero-order chi connectivity index (χ0) is 9.97. The summed E-state index contributed by atoms with van der Waals surface area (Å²) in [7, 11) is 0. The third-order valence-corrected chi connectivity index (χ3v) is 3.50. The summed E-state index contributed by atoms with van der Waals surface area (Å²) in [6, 6.07) is 0. The fourth-order valence-corrected chi connectivity index (χ4v) is 2.16. The van der Waals surface area contributed by atoms with Gasteiger partial charge >= 0.3 is 0 Å². The smallest absolute Gasteiger partial charge is 0.220 e. The molecule has 14 heavy (non-hydrogen) atoms. The quantitative estimate of drug-likeness (QED) is 0.708. The normalized spacial score (nSPS) is 31.8. The fourth-order valence-electron chi connectivity index (χ4n) is 2.16. The fraction of sp³-hybridized carbons (Fsp3) is 0.909. The second-order valence-corrected chi connectivity index (χ2v) is 4.80. The van der Waals surface area contributed by atoms with E-state index in [9.17, 15) is 4.79 Å². The molecule has 2 N–H and O–H groups in total. The highest BCUT2D eigenvalue weighted by Gasteiger charge is 2.27. The molecule has 0 bridgehead atoms. The van der Waals surface area contributed by atoms with E-state index >= 15 is 0 Å². The number of carbonyl (C=O) groups is 1. The Morgan fingerprint density at radius 2 is 2.00 bits per heavy atom. The van der Waals surface area contributed by atoms with Gasteiger partial charge in [-0.3, -0.25) is 4.79 Å². The molecule has 0 unspecified atom stereocenters. The second kappa shape index (κ2) is 4.30. The van der Waals surface area contributed by atoms with Crippen molar-refractivity contribution in [2.24, 2.45) is 11.8 Å². The monoisotopic (exact) mass is 197 g/mol. The van der Waals surface area contributed by atoms with Crippen LogP contribution in [-0.4, -0.2) is 23.7 Å². The average Bonchev–Trinajstić information content (AvgIpc) is 2.03. The van der Waals surface area contributed by atoms with E-state index in [-0.39, 0.29) is 12.0 Å². The Hall–Kier alpha value is -0.570. The molecule has 0 spiro atoms. The topological polar surface area (TPSA) is 49.3 Å². The Morgan fingerprint density at radius 1 is 1.29 bits per heavy atom. The van der Waals surface area contributed by atoms with Gasteiger partial charge in [0.05, 0.1) is 6.10 Å². The maximum Gasteiger partial charge on any atom is 0.220 e. The van der Waals surface area contributed by atoms with Crippen molar-refractivity contribution in [2.75, 3.05) is 6.54 Å². The number of hydrogen-bond donors (Lipinski definition) is 2. The van der Waals surface area contributed by atoms with Crippen LogP contribution in [0.4, 0.5) is 0 Å². The van der Waals surface area contributed by atoms with Crippen molar-refractivity contribution < 1.29 is 9.90 Å². The molecule has 2 aliphatic carbocycles. The highest BCUT2D eigenvalue weighted by molar-refractivity contribution is 5.76. The van der Waals surface area contributed by atoms with E-state index in [1.807, 2.05) is 0 Å². The Balaban J connectivity index is 1.53. The van der Waals surface area contributed by atoms with Crippen LogP contribution in [0.15, 0.2) is 0 Å². The van der Waals surface area contributed by atoms with Crippen molar-refractivity contribution in [2.45, 2.75) is 44.6 Å². The third-order valence-electron chi connectivity index (χ3n) is 3.50. The molecular formula is C11H19NO2. The van der Waals surface area contributed by atoms with E-state index < -0.39 is 0 Å². The molecule has 2 rings (SSSR count). The van der Waals surface area contributed by atoms with Crippen LogP contribution in [0.1, 0.15) is 38.5 Å². The predicted molar refractivity (Wildman–Crippen MR) is 53.7 cm³/mol. The molecule has 3 heteroatoms. The van der Waals surface area contributed by atoms with Crippen LogP contribution < -0.4 is 5.32 Å². The van der Waals surface area contributed by atoms with Crippen LogP contribution in [0.5, 0.6) is 0 Å². The van der Waals surface area contributed by atoms with Gasteiger partial charge in [-0.25, -0.2) is 0 Å². The highest BCUT2D eigenvalue weighted by Crippen LogP contribution is 2.29. The van der Waals surface area contributed by atoms with Crippen LogP contribution in [0, 0.1) is 11.8 Å². The lowest BCUT2D eigenvalue weighted by Gasteiger charge is -2.31. The van der Waals surface area contributed by atoms with Gasteiger partial charge in [0.2, 0.25) is 5.91 Å². The van der Waals surface area contributed by atoms with Crippen molar-refractivity contribution in [3.8, 4) is 0 Å². The predicted octanol–water partition coefficient (Wildman–Crippen LogP) is 1.06. The number of aliphatic hydroxyl groups is 1. The number of rotatable bonds is 4. The first-order valence-electron chi connectivity index (χ1n) is 5.69. The lowest BCUT2D eigenvalue weighted by molar-refractivity contribution is -0.123. The Labute approximate surface area is 84.9 Å². The Morgan fingerprint density at radius 3 is 2.50 bits per heavy atom. The minimum Gasteiger partial charge on any atom is -0.393 e. The number of aliphatic hydroxyl groups excluding tert-OH is 1. The minimum absolute atomic E-state index is 0.108. The van der Waals surface area contributed by atoms with Crippen molar-refractivity contribution in [1.29, 1.82) is 0 Å². The minimum atomic E-state index is -0.108. The summed E-state index contributed by atoms with van der Waals surface area (Å²) in [5.41, 5.74) is 0. The number of carbonyl (C=O) groups excluding carboxylic acids is 1. The number of nitrogens with one attached hydrogen (secondary N) is 1. The molecule has 2 saturated carbocycles. The van der Waals surface area contributed by atoms with Gasteiger partial charge in [0.15, 0.2) is 0 Å². The first-order valence-corrected chi connectivity index (χ1v) is 5.69. The average molecular weight is 197 g/mol. The number of amides is 1. The molecule has 0 heterocycles. The van der Waals surface area contributed by atoms with E-state index in [0.29, 0.717) is 11.8 Å². The third kappa shape index (κ3) is 2.47. The maximum atomic E-state index is 11.4. The van der Waals surface area contributed by atoms with Crippen LogP contribution in [0.3, 0.4) is 0 Å². The van der Waals surface area contributed by atoms with Crippen LogP contribution in [0.2, 0.25) is 0 Å². The Kier molecular flexibility index (Phi) is 3.06. The van der Waals surface area contributed by atoms with E-state index in [1.54, 1.807) is 0 Å². The molecule has 1 amide bonds. The molecule has 0 aromatic heterocycles. The van der Waals surface area contributed by atoms with Crippen LogP contribution >= 0.6 is 0 Å². The molecule has 3 nitrogen and oxygen atoms in total. The van der Waals surface area contributed by atoms with Gasteiger partial charge in [0, 0.05) is 13.0 Å². The largest absolute Gasteiger partial charge is 0.393 e. The summed E-state index contributed by atoms with van der Waals surface area (Å²) in [6.07, 6.45) is 6.10. The van der Waals surface area contributed by atoms with Gasteiger partial charge in [-0.15, -0.1) is 0 Å². The summed E-state index contributed by atoms with van der Waals surface area (Å²) in [5.74, 6) is 1.38. The van der Waals surface area contributed by atoms with Gasteiger partial charge in [-0.1, -0.05) is 6.42 Å². The lowest BCUT2D eigenvalue weighted by atomic mass is 9.81. The second-order valence-electron chi connectivity index (χ2n) is 4.80. The van der Waals surface area contributed by atoms with Gasteiger partial charge in [-0.05, 0) is 37.5 Å². The van der Waals surface area contributed by atoms with Crippen molar-refractivity contribution in [3.63, 3.8) is 0 Å². The van der Waals surface area contributed by atoms with Crippen LogP contribution in [0.25, 0.3) is 0 Å². The summed E-state index contributed by atoms with van der Waals surface area (Å²) >= 11 is 0. The summed E-state index contributed by atoms with van der Waals surface area (Å²) in [4.78, 5) is 11.4. The molecule has 0 aromatic rings. The molecular weight excluding hydrogens is 178 g/mol. The molecule has 0 radical (unpaired) electrons. The van der Waals surface area contributed by atoms with E-state index in [0.717, 1.165) is 25.8 Å². The highest BCUT2D eigenvalue weighted by atomic mass is 16.3. The zero-order valence-corrected chi connectivity index (χ0v) is 8.54. The van der Waals surface area contributed by atoms with Crippen molar-refractivity contribution in [3.05, 3.63) is 0 Å². The molecule has 0 atom stereocenters. The van der Waals surface area contributed by atoms with E-state index in [2.05, 4.69) is 5.32 Å². The first-order chi connectivity index (χ1) is 6.74. The van der Waals surface area contributed by atoms with E-state index in [1.165, 1.54) is 19.3 Å². The molecule has 0 saturated heterocycles. The first kappa shape index (κ1) is 9.97. The van der Waals surface area contributed by atoms with E-state index in [4.69, 9.17) is 5.11 Å². The molecule has 2 aliphatic rings. The molecule has 80 valence electrons. The standard InChI is InChI=1S/C11H19NO2/c13-10-4-9(5-10)7-12-11(14)6-8-2-1-3-8/h8-10,13H,1-7H2,(H,12,14).